The molecule has 1 atom stereocenters. The largest absolute Gasteiger partial charge is 0.339 e. The van der Waals surface area contributed by atoms with Crippen molar-refractivity contribution in [2.75, 3.05) is 13.1 Å². The second-order valence-corrected chi connectivity index (χ2v) is 7.25. The highest BCUT2D eigenvalue weighted by Gasteiger charge is 2.30. The van der Waals surface area contributed by atoms with E-state index in [4.69, 9.17) is 4.52 Å². The Morgan fingerprint density at radius 3 is 2.83 bits per heavy atom. The van der Waals surface area contributed by atoms with Gasteiger partial charge < -0.3 is 4.52 Å². The van der Waals surface area contributed by atoms with Crippen molar-refractivity contribution in [1.82, 2.24) is 30.0 Å². The lowest BCUT2D eigenvalue weighted by Crippen LogP contribution is -2.22. The topological polar surface area (TPSA) is 72.9 Å². The molecule has 0 radical (unpaired) electrons. The highest BCUT2D eigenvalue weighted by Crippen LogP contribution is 2.39. The number of hydrogen-bond acceptors (Lipinski definition) is 6. The average Bonchev–Trinajstić information content (AvgIpc) is 2.91. The number of hydrogen-bond donors (Lipinski definition) is 0. The van der Waals surface area contributed by atoms with E-state index in [-0.39, 0.29) is 0 Å². The Bertz CT molecular complexity index is 686. The molecule has 1 saturated heterocycles. The van der Waals surface area contributed by atoms with Gasteiger partial charge in [0.25, 0.3) is 0 Å². The van der Waals surface area contributed by atoms with Crippen LogP contribution in [0.5, 0.6) is 0 Å². The molecule has 7 nitrogen and oxygen atoms in total. The molecule has 2 aromatic heterocycles. The highest BCUT2D eigenvalue weighted by molar-refractivity contribution is 5.09. The van der Waals surface area contributed by atoms with Gasteiger partial charge in [-0.25, -0.2) is 4.68 Å². The average molecular weight is 314 g/mol. The summed E-state index contributed by atoms with van der Waals surface area (Å²) in [7, 11) is 0. The molecule has 122 valence electrons. The van der Waals surface area contributed by atoms with Gasteiger partial charge in [0.05, 0.1) is 18.3 Å². The predicted molar refractivity (Wildman–Crippen MR) is 81.8 cm³/mol. The Morgan fingerprint density at radius 2 is 2.04 bits per heavy atom. The van der Waals surface area contributed by atoms with Crippen LogP contribution >= 0.6 is 0 Å². The minimum absolute atomic E-state index is 0.424. The first-order valence-corrected chi connectivity index (χ1v) is 8.82. The molecule has 23 heavy (non-hydrogen) atoms. The van der Waals surface area contributed by atoms with Gasteiger partial charge in [0, 0.05) is 31.1 Å². The van der Waals surface area contributed by atoms with Crippen molar-refractivity contribution in [2.45, 2.75) is 62.9 Å². The Kier molecular flexibility index (Phi) is 3.21. The molecule has 2 aromatic rings. The van der Waals surface area contributed by atoms with Crippen LogP contribution in [0.4, 0.5) is 0 Å². The van der Waals surface area contributed by atoms with Crippen molar-refractivity contribution in [3.8, 4) is 0 Å². The van der Waals surface area contributed by atoms with E-state index in [1.54, 1.807) is 0 Å². The lowest BCUT2D eigenvalue weighted by molar-refractivity contribution is 0.279. The third-order valence-corrected chi connectivity index (χ3v) is 5.45. The summed E-state index contributed by atoms with van der Waals surface area (Å²) < 4.78 is 7.47. The summed E-state index contributed by atoms with van der Waals surface area (Å²) in [6.45, 7) is 2.81. The molecule has 3 aliphatic rings. The fourth-order valence-corrected chi connectivity index (χ4v) is 3.56. The van der Waals surface area contributed by atoms with E-state index < -0.39 is 0 Å². The van der Waals surface area contributed by atoms with E-state index >= 15 is 0 Å². The van der Waals surface area contributed by atoms with Crippen LogP contribution < -0.4 is 0 Å². The third-order valence-electron chi connectivity index (χ3n) is 5.45. The summed E-state index contributed by atoms with van der Waals surface area (Å²) in [6, 6.07) is 0.424. The molecular formula is C16H22N6O. The fourth-order valence-electron chi connectivity index (χ4n) is 3.56. The van der Waals surface area contributed by atoms with Gasteiger partial charge >= 0.3 is 0 Å². The summed E-state index contributed by atoms with van der Waals surface area (Å²) in [5, 5.41) is 12.8. The first-order valence-electron chi connectivity index (χ1n) is 8.82. The van der Waals surface area contributed by atoms with Crippen LogP contribution in [0.15, 0.2) is 10.7 Å². The molecule has 1 unspecified atom stereocenters. The van der Waals surface area contributed by atoms with E-state index in [0.29, 0.717) is 17.9 Å². The van der Waals surface area contributed by atoms with Crippen LogP contribution in [0, 0.1) is 0 Å². The number of nitrogens with zero attached hydrogens (tertiary/aromatic N) is 6. The van der Waals surface area contributed by atoms with Gasteiger partial charge in [0.1, 0.15) is 0 Å². The van der Waals surface area contributed by atoms with Crippen molar-refractivity contribution < 1.29 is 4.52 Å². The third kappa shape index (κ3) is 2.67. The Labute approximate surface area is 135 Å². The van der Waals surface area contributed by atoms with E-state index in [1.165, 1.54) is 37.8 Å². The van der Waals surface area contributed by atoms with E-state index in [9.17, 15) is 0 Å². The van der Waals surface area contributed by atoms with Gasteiger partial charge in [0.2, 0.25) is 5.89 Å². The molecule has 7 heteroatoms. The minimum atomic E-state index is 0.424. The van der Waals surface area contributed by atoms with Gasteiger partial charge in [-0.2, -0.15) is 4.98 Å². The quantitative estimate of drug-likeness (QED) is 0.843. The second kappa shape index (κ2) is 5.40. The molecule has 0 spiro atoms. The Morgan fingerprint density at radius 1 is 1.13 bits per heavy atom. The first-order chi connectivity index (χ1) is 11.3. The summed E-state index contributed by atoms with van der Waals surface area (Å²) in [4.78, 5) is 6.96. The van der Waals surface area contributed by atoms with Crippen LogP contribution in [-0.2, 0) is 6.54 Å². The number of likely N-dealkylation sites (tertiary alicyclic amines) is 1. The van der Waals surface area contributed by atoms with E-state index in [1.807, 2.05) is 0 Å². The lowest BCUT2D eigenvalue weighted by Gasteiger charge is -2.20. The zero-order valence-electron chi connectivity index (χ0n) is 13.3. The minimum Gasteiger partial charge on any atom is -0.339 e. The van der Waals surface area contributed by atoms with Crippen molar-refractivity contribution in [3.63, 3.8) is 0 Å². The molecule has 3 heterocycles. The molecule has 0 N–H and O–H groups in total. The molecule has 0 amide bonds. The van der Waals surface area contributed by atoms with E-state index in [0.717, 1.165) is 37.8 Å². The van der Waals surface area contributed by atoms with Crippen molar-refractivity contribution in [3.05, 3.63) is 23.6 Å². The van der Waals surface area contributed by atoms with Crippen LogP contribution in [0.3, 0.4) is 0 Å². The molecule has 2 saturated carbocycles. The first kappa shape index (κ1) is 13.7. The van der Waals surface area contributed by atoms with Crippen molar-refractivity contribution >= 4 is 0 Å². The standard InChI is InChI=1S/C16H22N6O/c1-2-12(3-1)16-17-15(19-23-16)10-21-7-6-13(8-21)22-9-14(18-20-22)11-4-5-11/h9,11-13H,1-8,10H2. The summed E-state index contributed by atoms with van der Waals surface area (Å²) >= 11 is 0. The fraction of sp³-hybridized carbons (Fsp3) is 0.750. The zero-order chi connectivity index (χ0) is 15.2. The molecule has 3 fully saturated rings. The zero-order valence-corrected chi connectivity index (χ0v) is 13.3. The van der Waals surface area contributed by atoms with Gasteiger partial charge in [-0.15, -0.1) is 5.10 Å². The molecule has 1 aliphatic heterocycles. The lowest BCUT2D eigenvalue weighted by atomic mass is 9.85. The second-order valence-electron chi connectivity index (χ2n) is 7.25. The molecule has 0 aromatic carbocycles. The smallest absolute Gasteiger partial charge is 0.229 e. The monoisotopic (exact) mass is 314 g/mol. The Hall–Kier alpha value is -1.76. The van der Waals surface area contributed by atoms with Crippen LogP contribution in [0.2, 0.25) is 0 Å². The van der Waals surface area contributed by atoms with Gasteiger partial charge in [-0.1, -0.05) is 16.8 Å². The van der Waals surface area contributed by atoms with E-state index in [2.05, 4.69) is 36.2 Å². The van der Waals surface area contributed by atoms with Crippen LogP contribution in [-0.4, -0.2) is 43.1 Å². The Balaban J connectivity index is 1.20. The summed E-state index contributed by atoms with van der Waals surface area (Å²) in [6.07, 6.45) is 9.49. The van der Waals surface area contributed by atoms with Crippen molar-refractivity contribution in [1.29, 1.82) is 0 Å². The maximum Gasteiger partial charge on any atom is 0.229 e. The van der Waals surface area contributed by atoms with Gasteiger partial charge in [-0.05, 0) is 32.1 Å². The predicted octanol–water partition coefficient (Wildman–Crippen LogP) is 2.25. The summed E-state index contributed by atoms with van der Waals surface area (Å²) in [5.41, 5.74) is 1.17. The van der Waals surface area contributed by atoms with Crippen LogP contribution in [0.1, 0.15) is 73.8 Å². The maximum atomic E-state index is 5.41. The van der Waals surface area contributed by atoms with Crippen LogP contribution in [0.25, 0.3) is 0 Å². The number of aromatic nitrogens is 5. The molecular weight excluding hydrogens is 292 g/mol. The molecule has 2 aliphatic carbocycles. The van der Waals surface area contributed by atoms with Gasteiger partial charge in [-0.3, -0.25) is 4.90 Å². The van der Waals surface area contributed by atoms with Crippen molar-refractivity contribution in [2.24, 2.45) is 0 Å². The molecule has 0 bridgehead atoms. The SMILES string of the molecule is c1c(C2CC2)nnn1C1CCN(Cc2noc(C3CCC3)n2)C1. The molecule has 5 rings (SSSR count). The maximum absolute atomic E-state index is 5.41. The van der Waals surface area contributed by atoms with Gasteiger partial charge in [0.15, 0.2) is 5.82 Å². The number of rotatable bonds is 5. The summed E-state index contributed by atoms with van der Waals surface area (Å²) in [5.74, 6) is 2.85. The normalized spacial score (nSPS) is 25.8. The highest BCUT2D eigenvalue weighted by atomic mass is 16.5.